The summed E-state index contributed by atoms with van der Waals surface area (Å²) in [6.45, 7) is 1.70. The van der Waals surface area contributed by atoms with Crippen LogP contribution in [-0.4, -0.2) is 15.0 Å². The zero-order valence-corrected chi connectivity index (χ0v) is 8.41. The van der Waals surface area contributed by atoms with Crippen LogP contribution in [0.15, 0.2) is 30.5 Å². The largest absolute Gasteiger partial charge is 0.431 e. The molecule has 0 bridgehead atoms. The fourth-order valence-electron chi connectivity index (χ4n) is 1.14. The van der Waals surface area contributed by atoms with Crippen molar-refractivity contribution in [3.63, 3.8) is 0 Å². The van der Waals surface area contributed by atoms with Gasteiger partial charge in [0.25, 0.3) is 0 Å². The SMILES string of the molecule is CC(=S)Oc1cnc2ccccc2n1. The van der Waals surface area contributed by atoms with Crippen molar-refractivity contribution in [3.05, 3.63) is 30.5 Å². The second-order valence-corrected chi connectivity index (χ2v) is 3.37. The Hall–Kier alpha value is -1.55. The lowest BCUT2D eigenvalue weighted by molar-refractivity contribution is 0.537. The summed E-state index contributed by atoms with van der Waals surface area (Å²) < 4.78 is 5.18. The number of ether oxygens (including phenoxy) is 1. The summed E-state index contributed by atoms with van der Waals surface area (Å²) in [5.41, 5.74) is 1.66. The van der Waals surface area contributed by atoms with Gasteiger partial charge in [-0.3, -0.25) is 0 Å². The molecule has 70 valence electrons. The molecular formula is C10H8N2OS. The zero-order chi connectivity index (χ0) is 9.97. The van der Waals surface area contributed by atoms with Gasteiger partial charge in [0.15, 0.2) is 5.05 Å². The average Bonchev–Trinajstić information content (AvgIpc) is 2.17. The van der Waals surface area contributed by atoms with Crippen molar-refractivity contribution in [2.24, 2.45) is 0 Å². The third-order valence-electron chi connectivity index (χ3n) is 1.67. The van der Waals surface area contributed by atoms with Crippen molar-refractivity contribution in [3.8, 4) is 5.88 Å². The van der Waals surface area contributed by atoms with Crippen LogP contribution in [0.3, 0.4) is 0 Å². The second-order valence-electron chi connectivity index (χ2n) is 2.79. The highest BCUT2D eigenvalue weighted by Gasteiger charge is 1.99. The first-order valence-electron chi connectivity index (χ1n) is 4.16. The fraction of sp³-hybridized carbons (Fsp3) is 0.100. The highest BCUT2D eigenvalue weighted by molar-refractivity contribution is 7.80. The Bertz CT molecular complexity index is 484. The van der Waals surface area contributed by atoms with Gasteiger partial charge in [-0.2, -0.15) is 0 Å². The Kier molecular flexibility index (Phi) is 2.37. The summed E-state index contributed by atoms with van der Waals surface area (Å²) in [6.07, 6.45) is 1.57. The lowest BCUT2D eigenvalue weighted by atomic mass is 10.3. The van der Waals surface area contributed by atoms with E-state index in [2.05, 4.69) is 9.97 Å². The molecule has 0 unspecified atom stereocenters. The summed E-state index contributed by atoms with van der Waals surface area (Å²) >= 11 is 4.81. The van der Waals surface area contributed by atoms with Gasteiger partial charge < -0.3 is 4.74 Å². The van der Waals surface area contributed by atoms with Crippen molar-refractivity contribution in [1.29, 1.82) is 0 Å². The standard InChI is InChI=1S/C10H8N2OS/c1-7(14)13-10-6-11-8-4-2-3-5-9(8)12-10/h2-6H,1H3. The Labute approximate surface area is 86.8 Å². The quantitative estimate of drug-likeness (QED) is 0.668. The van der Waals surface area contributed by atoms with E-state index in [0.717, 1.165) is 11.0 Å². The third kappa shape index (κ3) is 1.85. The van der Waals surface area contributed by atoms with Crippen LogP contribution in [0.5, 0.6) is 5.88 Å². The predicted octanol–water partition coefficient (Wildman–Crippen LogP) is 2.36. The van der Waals surface area contributed by atoms with Gasteiger partial charge in [-0.05, 0) is 24.4 Å². The van der Waals surface area contributed by atoms with Gasteiger partial charge in [-0.25, -0.2) is 9.97 Å². The molecule has 1 heterocycles. The molecule has 0 aliphatic rings. The molecule has 1 aromatic heterocycles. The zero-order valence-electron chi connectivity index (χ0n) is 7.60. The van der Waals surface area contributed by atoms with Crippen LogP contribution in [0.25, 0.3) is 11.0 Å². The van der Waals surface area contributed by atoms with Crippen molar-refractivity contribution in [1.82, 2.24) is 9.97 Å². The van der Waals surface area contributed by atoms with Gasteiger partial charge in [0.2, 0.25) is 5.88 Å². The van der Waals surface area contributed by atoms with E-state index in [1.807, 2.05) is 24.3 Å². The first-order valence-corrected chi connectivity index (χ1v) is 4.57. The van der Waals surface area contributed by atoms with E-state index >= 15 is 0 Å². The van der Waals surface area contributed by atoms with Crippen LogP contribution in [0.2, 0.25) is 0 Å². The molecule has 0 aliphatic carbocycles. The molecule has 0 saturated carbocycles. The normalized spacial score (nSPS) is 10.1. The summed E-state index contributed by atoms with van der Waals surface area (Å²) in [5.74, 6) is 0.441. The number of hydrogen-bond acceptors (Lipinski definition) is 4. The smallest absolute Gasteiger partial charge is 0.239 e. The van der Waals surface area contributed by atoms with Crippen LogP contribution in [-0.2, 0) is 0 Å². The predicted molar refractivity (Wildman–Crippen MR) is 58.4 cm³/mol. The van der Waals surface area contributed by atoms with Crippen LogP contribution in [0.1, 0.15) is 6.92 Å². The number of aromatic nitrogens is 2. The molecule has 0 radical (unpaired) electrons. The van der Waals surface area contributed by atoms with Gasteiger partial charge in [-0.1, -0.05) is 12.1 Å². The Balaban J connectivity index is 2.46. The van der Waals surface area contributed by atoms with E-state index in [9.17, 15) is 0 Å². The van der Waals surface area contributed by atoms with Crippen LogP contribution >= 0.6 is 12.2 Å². The molecule has 0 N–H and O–H groups in total. The number of nitrogens with zero attached hydrogens (tertiary/aromatic N) is 2. The summed E-state index contributed by atoms with van der Waals surface area (Å²) in [4.78, 5) is 8.43. The van der Waals surface area contributed by atoms with Crippen molar-refractivity contribution in [2.75, 3.05) is 0 Å². The van der Waals surface area contributed by atoms with Gasteiger partial charge >= 0.3 is 0 Å². The summed E-state index contributed by atoms with van der Waals surface area (Å²) in [6, 6.07) is 7.61. The van der Waals surface area contributed by atoms with Crippen molar-refractivity contribution >= 4 is 28.3 Å². The van der Waals surface area contributed by atoms with E-state index in [1.54, 1.807) is 13.1 Å². The summed E-state index contributed by atoms with van der Waals surface area (Å²) in [5, 5.41) is 0.439. The lowest BCUT2D eigenvalue weighted by Crippen LogP contribution is -2.01. The minimum atomic E-state index is 0.439. The second kappa shape index (κ2) is 3.67. The molecule has 2 rings (SSSR count). The molecule has 0 spiro atoms. The maximum absolute atomic E-state index is 5.18. The number of thiocarbonyl (C=S) groups is 1. The van der Waals surface area contributed by atoms with Crippen molar-refractivity contribution in [2.45, 2.75) is 6.92 Å². The molecule has 0 saturated heterocycles. The van der Waals surface area contributed by atoms with E-state index in [0.29, 0.717) is 10.9 Å². The number of benzene rings is 1. The van der Waals surface area contributed by atoms with Crippen LogP contribution in [0.4, 0.5) is 0 Å². The van der Waals surface area contributed by atoms with E-state index in [1.165, 1.54) is 0 Å². The monoisotopic (exact) mass is 204 g/mol. The molecule has 2 aromatic rings. The van der Waals surface area contributed by atoms with Gasteiger partial charge in [0, 0.05) is 6.92 Å². The maximum Gasteiger partial charge on any atom is 0.239 e. The van der Waals surface area contributed by atoms with Crippen LogP contribution < -0.4 is 4.74 Å². The van der Waals surface area contributed by atoms with Gasteiger partial charge in [0.05, 0.1) is 17.2 Å². The van der Waals surface area contributed by atoms with E-state index in [4.69, 9.17) is 17.0 Å². The topological polar surface area (TPSA) is 35.0 Å². The lowest BCUT2D eigenvalue weighted by Gasteiger charge is -2.02. The maximum atomic E-state index is 5.18. The third-order valence-corrected chi connectivity index (χ3v) is 1.76. The fourth-order valence-corrected chi connectivity index (χ4v) is 1.22. The molecule has 0 atom stereocenters. The minimum Gasteiger partial charge on any atom is -0.431 e. The summed E-state index contributed by atoms with van der Waals surface area (Å²) in [7, 11) is 0. The van der Waals surface area contributed by atoms with E-state index in [-0.39, 0.29) is 0 Å². The number of para-hydroxylation sites is 2. The first-order chi connectivity index (χ1) is 6.75. The van der Waals surface area contributed by atoms with E-state index < -0.39 is 0 Å². The first kappa shape index (κ1) is 9.02. The molecule has 3 nitrogen and oxygen atoms in total. The molecule has 4 heteroatoms. The molecule has 1 aromatic carbocycles. The van der Waals surface area contributed by atoms with Crippen LogP contribution in [0, 0.1) is 0 Å². The molecule has 0 amide bonds. The molecule has 14 heavy (non-hydrogen) atoms. The van der Waals surface area contributed by atoms with Gasteiger partial charge in [-0.15, -0.1) is 0 Å². The minimum absolute atomic E-state index is 0.439. The molecule has 0 fully saturated rings. The Morgan fingerprint density at radius 2 is 2.00 bits per heavy atom. The number of rotatable bonds is 1. The van der Waals surface area contributed by atoms with Gasteiger partial charge in [0.1, 0.15) is 0 Å². The Morgan fingerprint density at radius 3 is 2.71 bits per heavy atom. The number of hydrogen-bond donors (Lipinski definition) is 0. The van der Waals surface area contributed by atoms with Crippen molar-refractivity contribution < 1.29 is 4.74 Å². The highest BCUT2D eigenvalue weighted by Crippen LogP contribution is 2.12. The average molecular weight is 204 g/mol. The highest BCUT2D eigenvalue weighted by atomic mass is 32.1. The number of fused-ring (bicyclic) bond motifs is 1. The Morgan fingerprint density at radius 1 is 1.29 bits per heavy atom. The molecule has 0 aliphatic heterocycles. The molecular weight excluding hydrogens is 196 g/mol.